The van der Waals surface area contributed by atoms with Crippen molar-refractivity contribution in [1.29, 1.82) is 0 Å². The highest BCUT2D eigenvalue weighted by Gasteiger charge is 2.10. The van der Waals surface area contributed by atoms with E-state index < -0.39 is 9.84 Å². The highest BCUT2D eigenvalue weighted by Crippen LogP contribution is 2.19. The molecule has 1 heterocycles. The summed E-state index contributed by atoms with van der Waals surface area (Å²) in [5, 5.41) is 7.33. The molecule has 0 aromatic carbocycles. The van der Waals surface area contributed by atoms with Crippen LogP contribution in [0.2, 0.25) is 0 Å². The van der Waals surface area contributed by atoms with Crippen LogP contribution in [-0.4, -0.2) is 36.8 Å². The molecule has 5 nitrogen and oxygen atoms in total. The Labute approximate surface area is 104 Å². The maximum Gasteiger partial charge on any atom is 0.148 e. The second-order valence-electron chi connectivity index (χ2n) is 3.78. The van der Waals surface area contributed by atoms with Crippen molar-refractivity contribution in [3.63, 3.8) is 0 Å². The van der Waals surface area contributed by atoms with E-state index in [4.69, 9.17) is 0 Å². The summed E-state index contributed by atoms with van der Waals surface area (Å²) >= 11 is 3.45. The molecule has 1 rings (SSSR count). The molecule has 1 N–H and O–H groups in total. The first-order valence-corrected chi connectivity index (χ1v) is 7.73. The van der Waals surface area contributed by atoms with Gasteiger partial charge in [-0.2, -0.15) is 5.10 Å². The van der Waals surface area contributed by atoms with Crippen LogP contribution in [0, 0.1) is 6.92 Å². The molecule has 0 saturated carbocycles. The van der Waals surface area contributed by atoms with Crippen molar-refractivity contribution in [3.8, 4) is 0 Å². The zero-order valence-corrected chi connectivity index (χ0v) is 12.0. The van der Waals surface area contributed by atoms with Gasteiger partial charge in [0.2, 0.25) is 0 Å². The second kappa shape index (κ2) is 5.29. The van der Waals surface area contributed by atoms with Gasteiger partial charge in [-0.15, -0.1) is 0 Å². The zero-order valence-electron chi connectivity index (χ0n) is 9.62. The molecule has 0 aliphatic carbocycles. The van der Waals surface area contributed by atoms with Crippen molar-refractivity contribution in [2.75, 3.05) is 18.6 Å². The van der Waals surface area contributed by atoms with Gasteiger partial charge in [-0.1, -0.05) is 0 Å². The predicted molar refractivity (Wildman–Crippen MR) is 67.1 cm³/mol. The summed E-state index contributed by atoms with van der Waals surface area (Å²) < 4.78 is 24.6. The average Bonchev–Trinajstić information content (AvgIpc) is 2.36. The van der Waals surface area contributed by atoms with Gasteiger partial charge in [0.05, 0.1) is 21.6 Å². The van der Waals surface area contributed by atoms with Gasteiger partial charge in [0, 0.05) is 26.4 Å². The maximum absolute atomic E-state index is 10.9. The number of aryl methyl sites for hydroxylation is 2. The molecular weight excluding hydrogens is 294 g/mol. The van der Waals surface area contributed by atoms with Crippen molar-refractivity contribution in [2.45, 2.75) is 13.5 Å². The Morgan fingerprint density at radius 1 is 1.50 bits per heavy atom. The molecule has 92 valence electrons. The fourth-order valence-electron chi connectivity index (χ4n) is 1.34. The van der Waals surface area contributed by atoms with Crippen LogP contribution in [-0.2, 0) is 23.4 Å². The molecule has 0 bridgehead atoms. The van der Waals surface area contributed by atoms with Crippen molar-refractivity contribution in [3.05, 3.63) is 15.9 Å². The Kier molecular flexibility index (Phi) is 4.52. The number of hydrogen-bond donors (Lipinski definition) is 1. The van der Waals surface area contributed by atoms with Crippen molar-refractivity contribution >= 4 is 25.8 Å². The van der Waals surface area contributed by atoms with Crippen LogP contribution in [0.3, 0.4) is 0 Å². The molecular formula is C9H16BrN3O2S. The summed E-state index contributed by atoms with van der Waals surface area (Å²) in [5.41, 5.74) is 1.95. The van der Waals surface area contributed by atoms with E-state index in [1.54, 1.807) is 4.68 Å². The highest BCUT2D eigenvalue weighted by atomic mass is 79.9. The molecule has 1 aromatic rings. The lowest BCUT2D eigenvalue weighted by Gasteiger charge is -2.05. The SMILES string of the molecule is Cc1nn(C)c(CNCCS(C)(=O)=O)c1Br. The number of sulfone groups is 1. The Bertz CT molecular complexity index is 467. The van der Waals surface area contributed by atoms with Gasteiger partial charge in [-0.25, -0.2) is 8.42 Å². The molecule has 0 fully saturated rings. The van der Waals surface area contributed by atoms with Crippen LogP contribution < -0.4 is 5.32 Å². The summed E-state index contributed by atoms with van der Waals surface area (Å²) in [6.45, 7) is 2.98. The summed E-state index contributed by atoms with van der Waals surface area (Å²) in [7, 11) is -1.02. The molecule has 0 saturated heterocycles. The predicted octanol–water partition coefficient (Wildman–Crippen LogP) is 0.625. The minimum atomic E-state index is -2.89. The molecule has 0 unspecified atom stereocenters. The lowest BCUT2D eigenvalue weighted by Crippen LogP contribution is -2.23. The van der Waals surface area contributed by atoms with Crippen LogP contribution in [0.5, 0.6) is 0 Å². The first-order chi connectivity index (χ1) is 7.31. The average molecular weight is 310 g/mol. The fraction of sp³-hybridized carbons (Fsp3) is 0.667. The topological polar surface area (TPSA) is 64.0 Å². The summed E-state index contributed by atoms with van der Waals surface area (Å²) in [5.74, 6) is 0.154. The van der Waals surface area contributed by atoms with Gasteiger partial charge in [0.25, 0.3) is 0 Å². The Balaban J connectivity index is 2.49. The Morgan fingerprint density at radius 2 is 2.12 bits per heavy atom. The molecule has 1 aromatic heterocycles. The quantitative estimate of drug-likeness (QED) is 0.810. The van der Waals surface area contributed by atoms with Gasteiger partial charge in [0.1, 0.15) is 9.84 Å². The Hall–Kier alpha value is -0.400. The van der Waals surface area contributed by atoms with Crippen molar-refractivity contribution in [1.82, 2.24) is 15.1 Å². The lowest BCUT2D eigenvalue weighted by molar-refractivity contribution is 0.592. The molecule has 0 aliphatic heterocycles. The molecule has 0 amide bonds. The molecule has 0 radical (unpaired) electrons. The van der Waals surface area contributed by atoms with Crippen LogP contribution >= 0.6 is 15.9 Å². The number of hydrogen-bond acceptors (Lipinski definition) is 4. The third-order valence-electron chi connectivity index (χ3n) is 2.20. The number of halogens is 1. The molecule has 0 atom stereocenters. The monoisotopic (exact) mass is 309 g/mol. The summed E-state index contributed by atoms with van der Waals surface area (Å²) in [4.78, 5) is 0. The zero-order chi connectivity index (χ0) is 12.3. The first kappa shape index (κ1) is 13.7. The normalized spacial score (nSPS) is 12.0. The van der Waals surface area contributed by atoms with E-state index in [-0.39, 0.29) is 5.75 Å². The minimum Gasteiger partial charge on any atom is -0.310 e. The second-order valence-corrected chi connectivity index (χ2v) is 6.83. The standard InChI is InChI=1S/C9H16BrN3O2S/c1-7-9(10)8(13(2)12-7)6-11-4-5-16(3,14)15/h11H,4-6H2,1-3H3. The maximum atomic E-state index is 10.9. The largest absolute Gasteiger partial charge is 0.310 e. The summed E-state index contributed by atoms with van der Waals surface area (Å²) in [6.07, 6.45) is 1.23. The van der Waals surface area contributed by atoms with E-state index in [9.17, 15) is 8.42 Å². The minimum absolute atomic E-state index is 0.154. The molecule has 16 heavy (non-hydrogen) atoms. The molecule has 7 heteroatoms. The van der Waals surface area contributed by atoms with E-state index in [1.807, 2.05) is 14.0 Å². The number of aromatic nitrogens is 2. The van der Waals surface area contributed by atoms with Gasteiger partial charge >= 0.3 is 0 Å². The van der Waals surface area contributed by atoms with Gasteiger partial charge in [-0.05, 0) is 22.9 Å². The number of nitrogens with zero attached hydrogens (tertiary/aromatic N) is 2. The molecule has 0 spiro atoms. The van der Waals surface area contributed by atoms with E-state index in [1.165, 1.54) is 6.26 Å². The smallest absolute Gasteiger partial charge is 0.148 e. The van der Waals surface area contributed by atoms with Crippen molar-refractivity contribution < 1.29 is 8.42 Å². The van der Waals surface area contributed by atoms with Crippen molar-refractivity contribution in [2.24, 2.45) is 7.05 Å². The van der Waals surface area contributed by atoms with Crippen LogP contribution in [0.4, 0.5) is 0 Å². The van der Waals surface area contributed by atoms with E-state index >= 15 is 0 Å². The van der Waals surface area contributed by atoms with Gasteiger partial charge in [0.15, 0.2) is 0 Å². The fourth-order valence-corrected chi connectivity index (χ4v) is 2.33. The number of nitrogens with one attached hydrogen (secondary N) is 1. The van der Waals surface area contributed by atoms with E-state index in [0.29, 0.717) is 13.1 Å². The van der Waals surface area contributed by atoms with Gasteiger partial charge in [-0.3, -0.25) is 4.68 Å². The number of rotatable bonds is 5. The molecule has 0 aliphatic rings. The Morgan fingerprint density at radius 3 is 2.56 bits per heavy atom. The van der Waals surface area contributed by atoms with E-state index in [0.717, 1.165) is 15.9 Å². The van der Waals surface area contributed by atoms with Crippen LogP contribution in [0.1, 0.15) is 11.4 Å². The summed E-state index contributed by atoms with van der Waals surface area (Å²) in [6, 6.07) is 0. The lowest BCUT2D eigenvalue weighted by atomic mass is 10.3. The highest BCUT2D eigenvalue weighted by molar-refractivity contribution is 9.10. The third kappa shape index (κ3) is 3.88. The first-order valence-electron chi connectivity index (χ1n) is 4.87. The third-order valence-corrected chi connectivity index (χ3v) is 4.18. The van der Waals surface area contributed by atoms with Gasteiger partial charge < -0.3 is 5.32 Å². The van der Waals surface area contributed by atoms with Crippen LogP contribution in [0.25, 0.3) is 0 Å². The van der Waals surface area contributed by atoms with Crippen LogP contribution in [0.15, 0.2) is 4.47 Å². The van der Waals surface area contributed by atoms with E-state index in [2.05, 4.69) is 26.3 Å².